The van der Waals surface area contributed by atoms with E-state index in [1.54, 1.807) is 30.3 Å². The summed E-state index contributed by atoms with van der Waals surface area (Å²) in [5.41, 5.74) is 1.24. The molecule has 0 spiro atoms. The van der Waals surface area contributed by atoms with Crippen LogP contribution in [0.1, 0.15) is 15.9 Å². The molecule has 0 bridgehead atoms. The monoisotopic (exact) mass is 388 g/mol. The van der Waals surface area contributed by atoms with Crippen LogP contribution in [0, 0.1) is 0 Å². The Morgan fingerprint density at radius 1 is 1.27 bits per heavy atom. The molecule has 1 heterocycles. The zero-order valence-electron chi connectivity index (χ0n) is 13.5. The van der Waals surface area contributed by atoms with Gasteiger partial charge >= 0.3 is 5.97 Å². The number of rotatable bonds is 3. The normalized spacial score (nSPS) is 16.8. The number of amides is 1. The molecule has 1 fully saturated rings. The van der Waals surface area contributed by atoms with E-state index in [4.69, 9.17) is 11.6 Å². The Hall–Kier alpha value is -2.77. The molecule has 0 saturated carbocycles. The molecule has 1 amide bonds. The SMILES string of the molecule is COC(=O)c1cc(N=C2NC(=O)/C(=C/c3ccc(Cl)cc3)S2)ccc1O. The number of amidine groups is 1. The first-order chi connectivity index (χ1) is 12.5. The fourth-order valence-electron chi connectivity index (χ4n) is 2.18. The van der Waals surface area contributed by atoms with Crippen LogP contribution in [0.25, 0.3) is 6.08 Å². The van der Waals surface area contributed by atoms with E-state index in [1.807, 2.05) is 0 Å². The van der Waals surface area contributed by atoms with Crippen LogP contribution in [0.4, 0.5) is 5.69 Å². The molecule has 0 aromatic heterocycles. The summed E-state index contributed by atoms with van der Waals surface area (Å²) < 4.78 is 4.61. The fraction of sp³-hybridized carbons (Fsp3) is 0.0556. The lowest BCUT2D eigenvalue weighted by Gasteiger charge is -2.03. The highest BCUT2D eigenvalue weighted by Crippen LogP contribution is 2.30. The molecule has 0 radical (unpaired) electrons. The van der Waals surface area contributed by atoms with Gasteiger partial charge in [0.1, 0.15) is 11.3 Å². The van der Waals surface area contributed by atoms with Crippen LogP contribution in [0.15, 0.2) is 52.4 Å². The number of esters is 1. The van der Waals surface area contributed by atoms with Crippen LogP contribution in [0.2, 0.25) is 5.02 Å². The van der Waals surface area contributed by atoms with Crippen molar-refractivity contribution >= 4 is 52.2 Å². The maximum atomic E-state index is 12.1. The Morgan fingerprint density at radius 3 is 2.69 bits per heavy atom. The third-order valence-corrected chi connectivity index (χ3v) is 4.60. The van der Waals surface area contributed by atoms with E-state index in [0.29, 0.717) is 20.8 Å². The molecule has 0 aliphatic carbocycles. The summed E-state index contributed by atoms with van der Waals surface area (Å²) in [4.78, 5) is 28.5. The molecule has 2 aromatic rings. The molecular weight excluding hydrogens is 376 g/mol. The number of carbonyl (C=O) groups excluding carboxylic acids is 2. The standard InChI is InChI=1S/C18H13ClN2O4S/c1-25-17(24)13-9-12(6-7-14(13)22)20-18-21-16(23)15(26-18)8-10-2-4-11(19)5-3-10/h2-9,22H,1H3,(H,20,21,23)/b15-8-. The van der Waals surface area contributed by atoms with Crippen molar-refractivity contribution in [1.82, 2.24) is 5.32 Å². The van der Waals surface area contributed by atoms with E-state index in [2.05, 4.69) is 15.0 Å². The molecule has 132 valence electrons. The number of hydrogen-bond acceptors (Lipinski definition) is 6. The number of ether oxygens (including phenoxy) is 1. The van der Waals surface area contributed by atoms with Gasteiger partial charge in [-0.3, -0.25) is 4.79 Å². The number of phenolic OH excluding ortho intramolecular Hbond substituents is 1. The second kappa shape index (κ2) is 7.63. The second-order valence-corrected chi connectivity index (χ2v) is 6.69. The third kappa shape index (κ3) is 4.07. The van der Waals surface area contributed by atoms with Crippen molar-refractivity contribution in [3.8, 4) is 5.75 Å². The number of aliphatic imine (C=N–C) groups is 1. The number of carbonyl (C=O) groups is 2. The van der Waals surface area contributed by atoms with Gasteiger partial charge in [-0.1, -0.05) is 23.7 Å². The summed E-state index contributed by atoms with van der Waals surface area (Å²) in [5.74, 6) is -1.14. The minimum atomic E-state index is -0.670. The molecule has 2 N–H and O–H groups in total. The Labute approximate surface area is 158 Å². The van der Waals surface area contributed by atoms with Crippen molar-refractivity contribution in [2.45, 2.75) is 0 Å². The van der Waals surface area contributed by atoms with Crippen LogP contribution in [-0.4, -0.2) is 29.3 Å². The summed E-state index contributed by atoms with van der Waals surface area (Å²) in [7, 11) is 1.22. The Morgan fingerprint density at radius 2 is 2.00 bits per heavy atom. The van der Waals surface area contributed by atoms with Crippen molar-refractivity contribution in [3.05, 3.63) is 63.5 Å². The average Bonchev–Trinajstić information content (AvgIpc) is 2.97. The van der Waals surface area contributed by atoms with E-state index < -0.39 is 5.97 Å². The Bertz CT molecular complexity index is 939. The highest BCUT2D eigenvalue weighted by atomic mass is 35.5. The van der Waals surface area contributed by atoms with Gasteiger partial charge in [0.05, 0.1) is 17.7 Å². The Kier molecular flexibility index (Phi) is 5.29. The molecule has 6 nitrogen and oxygen atoms in total. The van der Waals surface area contributed by atoms with Crippen LogP contribution in [-0.2, 0) is 9.53 Å². The first kappa shape index (κ1) is 18.0. The van der Waals surface area contributed by atoms with Gasteiger partial charge in [-0.15, -0.1) is 0 Å². The van der Waals surface area contributed by atoms with Gasteiger partial charge in [0, 0.05) is 5.02 Å². The number of thioether (sulfide) groups is 1. The molecule has 1 saturated heterocycles. The van der Waals surface area contributed by atoms with Crippen LogP contribution >= 0.6 is 23.4 Å². The third-order valence-electron chi connectivity index (χ3n) is 3.43. The molecule has 26 heavy (non-hydrogen) atoms. The number of aromatic hydroxyl groups is 1. The van der Waals surface area contributed by atoms with E-state index in [9.17, 15) is 14.7 Å². The van der Waals surface area contributed by atoms with Crippen LogP contribution in [0.3, 0.4) is 0 Å². The Balaban J connectivity index is 1.84. The molecule has 3 rings (SSSR count). The van der Waals surface area contributed by atoms with Gasteiger partial charge in [0.2, 0.25) is 0 Å². The topological polar surface area (TPSA) is 88.0 Å². The lowest BCUT2D eigenvalue weighted by molar-refractivity contribution is -0.115. The average molecular weight is 389 g/mol. The maximum Gasteiger partial charge on any atom is 0.341 e. The zero-order valence-corrected chi connectivity index (χ0v) is 15.1. The van der Waals surface area contributed by atoms with Crippen molar-refractivity contribution in [2.24, 2.45) is 4.99 Å². The molecule has 0 unspecified atom stereocenters. The number of nitrogens with zero attached hydrogens (tertiary/aromatic N) is 1. The minimum Gasteiger partial charge on any atom is -0.507 e. The number of halogens is 1. The molecule has 0 atom stereocenters. The molecule has 1 aliphatic rings. The van der Waals surface area contributed by atoms with E-state index in [1.165, 1.54) is 37.1 Å². The summed E-state index contributed by atoms with van der Waals surface area (Å²) in [6, 6.07) is 11.4. The first-order valence-electron chi connectivity index (χ1n) is 7.43. The second-order valence-electron chi connectivity index (χ2n) is 5.23. The predicted octanol–water partition coefficient (Wildman–Crippen LogP) is 3.72. The van der Waals surface area contributed by atoms with Gasteiger partial charge in [0.15, 0.2) is 5.17 Å². The predicted molar refractivity (Wildman–Crippen MR) is 102 cm³/mol. The quantitative estimate of drug-likeness (QED) is 0.618. The van der Waals surface area contributed by atoms with Crippen molar-refractivity contribution in [3.63, 3.8) is 0 Å². The highest BCUT2D eigenvalue weighted by molar-refractivity contribution is 8.18. The largest absolute Gasteiger partial charge is 0.507 e. The number of hydrogen-bond donors (Lipinski definition) is 2. The van der Waals surface area contributed by atoms with E-state index in [-0.39, 0.29) is 17.2 Å². The van der Waals surface area contributed by atoms with Crippen molar-refractivity contribution in [1.29, 1.82) is 0 Å². The summed E-state index contributed by atoms with van der Waals surface area (Å²) in [5, 5.41) is 13.4. The van der Waals surface area contributed by atoms with Gasteiger partial charge in [-0.25, -0.2) is 9.79 Å². The lowest BCUT2D eigenvalue weighted by atomic mass is 10.2. The van der Waals surface area contributed by atoms with Crippen molar-refractivity contribution in [2.75, 3.05) is 7.11 Å². The number of nitrogens with one attached hydrogen (secondary N) is 1. The van der Waals surface area contributed by atoms with Gasteiger partial charge in [-0.2, -0.15) is 0 Å². The number of methoxy groups -OCH3 is 1. The summed E-state index contributed by atoms with van der Waals surface area (Å²) in [6.07, 6.45) is 1.73. The molecule has 8 heteroatoms. The zero-order chi connectivity index (χ0) is 18.7. The van der Waals surface area contributed by atoms with E-state index in [0.717, 1.165) is 5.56 Å². The summed E-state index contributed by atoms with van der Waals surface area (Å²) in [6.45, 7) is 0. The van der Waals surface area contributed by atoms with Gasteiger partial charge < -0.3 is 15.2 Å². The van der Waals surface area contributed by atoms with E-state index >= 15 is 0 Å². The van der Waals surface area contributed by atoms with Crippen LogP contribution in [0.5, 0.6) is 5.75 Å². The van der Waals surface area contributed by atoms with Crippen LogP contribution < -0.4 is 5.32 Å². The fourth-order valence-corrected chi connectivity index (χ4v) is 3.14. The van der Waals surface area contributed by atoms with Gasteiger partial charge in [0.25, 0.3) is 5.91 Å². The smallest absolute Gasteiger partial charge is 0.341 e. The van der Waals surface area contributed by atoms with Crippen molar-refractivity contribution < 1.29 is 19.4 Å². The number of phenols is 1. The highest BCUT2D eigenvalue weighted by Gasteiger charge is 2.24. The maximum absolute atomic E-state index is 12.1. The lowest BCUT2D eigenvalue weighted by Crippen LogP contribution is -2.19. The summed E-state index contributed by atoms with van der Waals surface area (Å²) >= 11 is 7.03. The molecule has 1 aliphatic heterocycles. The molecular formula is C18H13ClN2O4S. The first-order valence-corrected chi connectivity index (χ1v) is 8.62. The van der Waals surface area contributed by atoms with Gasteiger partial charge in [-0.05, 0) is 53.7 Å². The minimum absolute atomic E-state index is 0.000559. The number of benzene rings is 2. The molecule has 2 aromatic carbocycles.